The van der Waals surface area contributed by atoms with Crippen LogP contribution in [-0.2, 0) is 4.79 Å². The fourth-order valence-electron chi connectivity index (χ4n) is 1.60. The number of hydrogen-bond acceptors (Lipinski definition) is 3. The summed E-state index contributed by atoms with van der Waals surface area (Å²) in [5.41, 5.74) is 1.08. The van der Waals surface area contributed by atoms with Crippen molar-refractivity contribution in [1.29, 1.82) is 0 Å². The van der Waals surface area contributed by atoms with E-state index in [0.29, 0.717) is 11.3 Å². The summed E-state index contributed by atoms with van der Waals surface area (Å²) in [6, 6.07) is 6.23. The molecule has 0 aliphatic carbocycles. The first kappa shape index (κ1) is 13.2. The number of aliphatic carboxylic acids is 1. The predicted molar refractivity (Wildman–Crippen MR) is 66.3 cm³/mol. The van der Waals surface area contributed by atoms with Crippen molar-refractivity contribution in [3.8, 4) is 0 Å². The zero-order valence-electron chi connectivity index (χ0n) is 10.2. The third-order valence-corrected chi connectivity index (χ3v) is 2.55. The highest BCUT2D eigenvalue weighted by Crippen LogP contribution is 2.18. The Balaban J connectivity index is 3.01. The van der Waals surface area contributed by atoms with E-state index in [0.717, 1.165) is 0 Å². The number of anilines is 1. The quantitative estimate of drug-likeness (QED) is 0.769. The van der Waals surface area contributed by atoms with Gasteiger partial charge in [0.2, 0.25) is 0 Å². The van der Waals surface area contributed by atoms with E-state index in [2.05, 4.69) is 5.32 Å². The van der Waals surface area contributed by atoms with Gasteiger partial charge in [0.05, 0.1) is 0 Å². The third-order valence-electron chi connectivity index (χ3n) is 2.55. The smallest absolute Gasteiger partial charge is 0.326 e. The minimum atomic E-state index is -0.918. The van der Waals surface area contributed by atoms with Gasteiger partial charge in [0, 0.05) is 11.3 Å². The van der Waals surface area contributed by atoms with Crippen LogP contribution in [0.4, 0.5) is 5.69 Å². The largest absolute Gasteiger partial charge is 0.480 e. The number of carbonyl (C=O) groups excluding carboxylic acids is 1. The predicted octanol–water partition coefficient (Wildman–Crippen LogP) is 2.41. The summed E-state index contributed by atoms with van der Waals surface area (Å²) < 4.78 is 0. The van der Waals surface area contributed by atoms with Crippen molar-refractivity contribution >= 4 is 17.4 Å². The van der Waals surface area contributed by atoms with Gasteiger partial charge in [-0.05, 0) is 25.0 Å². The van der Waals surface area contributed by atoms with Gasteiger partial charge < -0.3 is 10.4 Å². The van der Waals surface area contributed by atoms with Crippen molar-refractivity contribution in [2.45, 2.75) is 26.8 Å². The van der Waals surface area contributed by atoms with E-state index >= 15 is 0 Å². The molecular formula is C13H17NO3. The van der Waals surface area contributed by atoms with E-state index < -0.39 is 12.0 Å². The molecular weight excluding hydrogens is 218 g/mol. The van der Waals surface area contributed by atoms with Gasteiger partial charge in [-0.2, -0.15) is 0 Å². The lowest BCUT2D eigenvalue weighted by atomic mass is 10.0. The summed E-state index contributed by atoms with van der Waals surface area (Å²) in [6.45, 7) is 5.11. The number of nitrogens with one attached hydrogen (secondary N) is 1. The first-order valence-corrected chi connectivity index (χ1v) is 5.52. The maximum Gasteiger partial charge on any atom is 0.326 e. The van der Waals surface area contributed by atoms with Crippen LogP contribution in [0.5, 0.6) is 0 Å². The second kappa shape index (κ2) is 5.48. The van der Waals surface area contributed by atoms with E-state index in [1.165, 1.54) is 6.92 Å². The minimum Gasteiger partial charge on any atom is -0.480 e. The van der Waals surface area contributed by atoms with Crippen LogP contribution in [0.1, 0.15) is 31.1 Å². The third kappa shape index (κ3) is 3.31. The van der Waals surface area contributed by atoms with Gasteiger partial charge >= 0.3 is 5.97 Å². The van der Waals surface area contributed by atoms with Crippen LogP contribution in [0, 0.1) is 5.92 Å². The number of para-hydroxylation sites is 1. The maximum atomic E-state index is 11.4. The van der Waals surface area contributed by atoms with E-state index in [9.17, 15) is 9.59 Å². The van der Waals surface area contributed by atoms with Crippen LogP contribution >= 0.6 is 0 Å². The first-order chi connectivity index (χ1) is 7.93. The molecule has 0 aromatic heterocycles. The normalized spacial score (nSPS) is 12.2. The van der Waals surface area contributed by atoms with E-state index in [1.807, 2.05) is 13.8 Å². The number of hydrogen-bond donors (Lipinski definition) is 2. The Labute approximate surface area is 101 Å². The summed E-state index contributed by atoms with van der Waals surface area (Å²) in [5.74, 6) is -1.06. The Morgan fingerprint density at radius 2 is 1.82 bits per heavy atom. The van der Waals surface area contributed by atoms with Gasteiger partial charge in [0.25, 0.3) is 0 Å². The zero-order chi connectivity index (χ0) is 13.0. The Hall–Kier alpha value is -1.84. The number of carboxylic acids is 1. The van der Waals surface area contributed by atoms with Crippen molar-refractivity contribution in [3.05, 3.63) is 29.8 Å². The molecule has 4 nitrogen and oxygen atoms in total. The molecule has 0 bridgehead atoms. The Kier molecular flexibility index (Phi) is 4.26. The molecule has 0 unspecified atom stereocenters. The Bertz CT molecular complexity index is 426. The van der Waals surface area contributed by atoms with E-state index in [1.54, 1.807) is 24.3 Å². The standard InChI is InChI=1S/C13H17NO3/c1-8(2)12(13(16)17)14-11-7-5-4-6-10(11)9(3)15/h4-8,12,14H,1-3H3,(H,16,17)/t12-/m0/s1. The van der Waals surface area contributed by atoms with Gasteiger partial charge in [0.15, 0.2) is 5.78 Å². The lowest BCUT2D eigenvalue weighted by molar-refractivity contribution is -0.138. The first-order valence-electron chi connectivity index (χ1n) is 5.52. The molecule has 0 aliphatic rings. The van der Waals surface area contributed by atoms with Gasteiger partial charge in [-0.3, -0.25) is 4.79 Å². The number of Topliss-reactive ketones (excluding diaryl/α,β-unsaturated/α-hetero) is 1. The lowest BCUT2D eigenvalue weighted by Crippen LogP contribution is -2.34. The molecule has 0 heterocycles. The minimum absolute atomic E-state index is 0.0625. The van der Waals surface area contributed by atoms with Crippen LogP contribution in [-0.4, -0.2) is 22.9 Å². The van der Waals surface area contributed by atoms with Crippen LogP contribution in [0.3, 0.4) is 0 Å². The van der Waals surface area contributed by atoms with Gasteiger partial charge in [-0.1, -0.05) is 26.0 Å². The van der Waals surface area contributed by atoms with Crippen LogP contribution < -0.4 is 5.32 Å². The SMILES string of the molecule is CC(=O)c1ccccc1N[C@H](C(=O)O)C(C)C. The van der Waals surface area contributed by atoms with E-state index in [-0.39, 0.29) is 11.7 Å². The molecule has 0 radical (unpaired) electrons. The lowest BCUT2D eigenvalue weighted by Gasteiger charge is -2.20. The number of rotatable bonds is 5. The Morgan fingerprint density at radius 1 is 1.24 bits per heavy atom. The van der Waals surface area contributed by atoms with Crippen LogP contribution in [0.15, 0.2) is 24.3 Å². The fourth-order valence-corrected chi connectivity index (χ4v) is 1.60. The van der Waals surface area contributed by atoms with Crippen molar-refractivity contribution in [3.63, 3.8) is 0 Å². The molecule has 4 heteroatoms. The number of ketones is 1. The average molecular weight is 235 g/mol. The summed E-state index contributed by atoms with van der Waals surface area (Å²) in [7, 11) is 0. The summed E-state index contributed by atoms with van der Waals surface area (Å²) in [6.07, 6.45) is 0. The molecule has 0 fully saturated rings. The second-order valence-electron chi connectivity index (χ2n) is 4.31. The average Bonchev–Trinajstić information content (AvgIpc) is 2.25. The number of benzene rings is 1. The Morgan fingerprint density at radius 3 is 2.29 bits per heavy atom. The zero-order valence-corrected chi connectivity index (χ0v) is 10.2. The molecule has 0 saturated heterocycles. The van der Waals surface area contributed by atoms with Crippen molar-refractivity contribution in [1.82, 2.24) is 0 Å². The highest BCUT2D eigenvalue weighted by molar-refractivity contribution is 6.00. The van der Waals surface area contributed by atoms with Crippen LogP contribution in [0.25, 0.3) is 0 Å². The summed E-state index contributed by atoms with van der Waals surface area (Å²) >= 11 is 0. The molecule has 1 atom stereocenters. The summed E-state index contributed by atoms with van der Waals surface area (Å²) in [4.78, 5) is 22.5. The second-order valence-corrected chi connectivity index (χ2v) is 4.31. The molecule has 0 saturated carbocycles. The van der Waals surface area contributed by atoms with Gasteiger partial charge in [0.1, 0.15) is 6.04 Å². The maximum absolute atomic E-state index is 11.4. The summed E-state index contributed by atoms with van der Waals surface area (Å²) in [5, 5.41) is 12.0. The van der Waals surface area contributed by atoms with Crippen molar-refractivity contribution in [2.24, 2.45) is 5.92 Å². The molecule has 1 aromatic carbocycles. The van der Waals surface area contributed by atoms with Crippen LogP contribution in [0.2, 0.25) is 0 Å². The fraction of sp³-hybridized carbons (Fsp3) is 0.385. The number of carboxylic acid groups (broad SMARTS) is 1. The van der Waals surface area contributed by atoms with Crippen molar-refractivity contribution in [2.75, 3.05) is 5.32 Å². The van der Waals surface area contributed by atoms with Crippen molar-refractivity contribution < 1.29 is 14.7 Å². The molecule has 0 aliphatic heterocycles. The molecule has 0 amide bonds. The van der Waals surface area contributed by atoms with Gasteiger partial charge in [-0.25, -0.2) is 4.79 Å². The molecule has 92 valence electrons. The van der Waals surface area contributed by atoms with Gasteiger partial charge in [-0.15, -0.1) is 0 Å². The highest BCUT2D eigenvalue weighted by atomic mass is 16.4. The number of carbonyl (C=O) groups is 2. The molecule has 1 rings (SSSR count). The topological polar surface area (TPSA) is 66.4 Å². The molecule has 1 aromatic rings. The monoisotopic (exact) mass is 235 g/mol. The molecule has 17 heavy (non-hydrogen) atoms. The molecule has 0 spiro atoms. The molecule has 2 N–H and O–H groups in total. The van der Waals surface area contributed by atoms with E-state index in [4.69, 9.17) is 5.11 Å². The highest BCUT2D eigenvalue weighted by Gasteiger charge is 2.22.